The number of imidazole rings is 1. The molecule has 5 rings (SSSR count). The van der Waals surface area contributed by atoms with E-state index >= 15 is 0 Å². The van der Waals surface area contributed by atoms with Crippen molar-refractivity contribution in [2.75, 3.05) is 0 Å². The number of aliphatic hydroxyl groups excluding tert-OH is 1. The van der Waals surface area contributed by atoms with Gasteiger partial charge in [0.2, 0.25) is 0 Å². The fourth-order valence-corrected chi connectivity index (χ4v) is 4.79. The molecule has 2 N–H and O–H groups in total. The quantitative estimate of drug-likeness (QED) is 0.473. The fraction of sp³-hybridized carbons (Fsp3) is 0.320. The number of aromatic nitrogens is 4. The minimum absolute atomic E-state index is 0.0651. The summed E-state index contributed by atoms with van der Waals surface area (Å²) in [5, 5.41) is 17.9. The van der Waals surface area contributed by atoms with E-state index in [1.165, 1.54) is 0 Å². The van der Waals surface area contributed by atoms with Gasteiger partial charge in [-0.05, 0) is 31.0 Å². The van der Waals surface area contributed by atoms with Crippen LogP contribution in [0.15, 0.2) is 48.8 Å². The summed E-state index contributed by atoms with van der Waals surface area (Å²) in [4.78, 5) is 17.6. The Balaban J connectivity index is 1.52. The number of aryl methyl sites for hydroxylation is 2. The van der Waals surface area contributed by atoms with Crippen molar-refractivity contribution in [3.8, 4) is 22.4 Å². The van der Waals surface area contributed by atoms with Crippen LogP contribution in [0.3, 0.4) is 0 Å². The third kappa shape index (κ3) is 3.52. The lowest BCUT2D eigenvalue weighted by atomic mass is 9.64. The number of nitrogens with one attached hydrogen (secondary N) is 1. The Bertz CT molecular complexity index is 1390. The van der Waals surface area contributed by atoms with Crippen molar-refractivity contribution in [3.63, 3.8) is 0 Å². The van der Waals surface area contributed by atoms with E-state index in [1.807, 2.05) is 58.3 Å². The molecule has 0 spiro atoms. The Kier molecular flexibility index (Phi) is 5.06. The molecule has 1 saturated carbocycles. The van der Waals surface area contributed by atoms with Crippen molar-refractivity contribution in [2.45, 2.75) is 39.3 Å². The molecule has 1 aliphatic carbocycles. The number of carbonyl (C=O) groups is 1. The van der Waals surface area contributed by atoms with E-state index in [1.54, 1.807) is 27.4 Å². The maximum Gasteiger partial charge on any atom is 0.251 e. The Labute approximate surface area is 197 Å². The largest absolute Gasteiger partial charge is 0.392 e. The Hall–Kier alpha value is -3.16. The highest BCUT2D eigenvalue weighted by molar-refractivity contribution is 6.32. The number of pyridine rings is 1. The molecule has 0 aliphatic heterocycles. The molecule has 0 radical (unpaired) electrons. The van der Waals surface area contributed by atoms with Crippen LogP contribution in [0.1, 0.15) is 36.3 Å². The smallest absolute Gasteiger partial charge is 0.251 e. The van der Waals surface area contributed by atoms with Crippen LogP contribution in [0.25, 0.3) is 28.0 Å². The number of halogens is 1. The van der Waals surface area contributed by atoms with Crippen molar-refractivity contribution in [1.29, 1.82) is 0 Å². The van der Waals surface area contributed by atoms with Crippen LogP contribution in [0, 0.1) is 12.3 Å². The zero-order chi connectivity index (χ0) is 23.5. The summed E-state index contributed by atoms with van der Waals surface area (Å²) in [5.41, 5.74) is 5.25. The van der Waals surface area contributed by atoms with Crippen molar-refractivity contribution >= 4 is 23.2 Å². The van der Waals surface area contributed by atoms with Gasteiger partial charge in [0, 0.05) is 47.6 Å². The summed E-state index contributed by atoms with van der Waals surface area (Å²) in [5.74, 6) is -0.186. The highest BCUT2D eigenvalue weighted by Crippen LogP contribution is 2.41. The van der Waals surface area contributed by atoms with E-state index < -0.39 is 6.10 Å². The molecule has 0 bridgehead atoms. The number of carbonyl (C=O) groups excluding carboxylic acids is 1. The van der Waals surface area contributed by atoms with E-state index in [0.717, 1.165) is 22.4 Å². The van der Waals surface area contributed by atoms with Crippen molar-refractivity contribution in [2.24, 2.45) is 12.5 Å². The molecule has 3 heterocycles. The summed E-state index contributed by atoms with van der Waals surface area (Å²) in [7, 11) is 1.90. The van der Waals surface area contributed by atoms with Crippen LogP contribution >= 0.6 is 11.6 Å². The zero-order valence-electron chi connectivity index (χ0n) is 19.0. The van der Waals surface area contributed by atoms with Crippen LogP contribution in [-0.4, -0.2) is 42.3 Å². The summed E-state index contributed by atoms with van der Waals surface area (Å²) < 4.78 is 3.57. The van der Waals surface area contributed by atoms with Gasteiger partial charge in [-0.3, -0.25) is 13.9 Å². The van der Waals surface area contributed by atoms with Gasteiger partial charge in [0.25, 0.3) is 5.91 Å². The van der Waals surface area contributed by atoms with E-state index in [-0.39, 0.29) is 17.4 Å². The van der Waals surface area contributed by atoms with Gasteiger partial charge in [0.05, 0.1) is 11.8 Å². The average Bonchev–Trinajstić information content (AvgIpc) is 3.31. The second-order valence-electron chi connectivity index (χ2n) is 9.34. The van der Waals surface area contributed by atoms with E-state index in [9.17, 15) is 9.90 Å². The predicted octanol–water partition coefficient (Wildman–Crippen LogP) is 4.25. The first-order chi connectivity index (χ1) is 15.7. The number of fused-ring (bicyclic) bond motifs is 1. The average molecular weight is 464 g/mol. The Morgan fingerprint density at radius 2 is 1.94 bits per heavy atom. The molecule has 1 fully saturated rings. The van der Waals surface area contributed by atoms with Crippen molar-refractivity contribution in [1.82, 2.24) is 24.5 Å². The second kappa shape index (κ2) is 7.71. The highest BCUT2D eigenvalue weighted by Gasteiger charge is 2.48. The Morgan fingerprint density at radius 3 is 2.58 bits per heavy atom. The lowest BCUT2D eigenvalue weighted by molar-refractivity contribution is -0.0689. The van der Waals surface area contributed by atoms with E-state index in [4.69, 9.17) is 16.6 Å². The molecule has 1 aromatic carbocycles. The minimum atomic E-state index is -0.400. The summed E-state index contributed by atoms with van der Waals surface area (Å²) >= 11 is 6.75. The number of rotatable bonds is 4. The van der Waals surface area contributed by atoms with Crippen LogP contribution in [0.2, 0.25) is 5.15 Å². The van der Waals surface area contributed by atoms with Gasteiger partial charge in [-0.25, -0.2) is 4.98 Å². The monoisotopic (exact) mass is 463 g/mol. The molecule has 1 aliphatic rings. The summed E-state index contributed by atoms with van der Waals surface area (Å²) in [6, 6.07) is 11.4. The standard InChI is InChI=1S/C25H26ClN5O2/c1-14-18(13-30(4)29-14)16-7-5-6-8-17(16)22-23(26)31-10-9-15(11-21(31)28-22)24(33)27-19-12-20(32)25(19,2)3/h5-11,13,19-20,32H,12H2,1-4H3,(H,27,33)/t19-,20-/m0/s1. The number of benzene rings is 1. The van der Waals surface area contributed by atoms with Gasteiger partial charge in [0.1, 0.15) is 16.5 Å². The fourth-order valence-electron chi connectivity index (χ4n) is 4.50. The van der Waals surface area contributed by atoms with Crippen molar-refractivity contribution in [3.05, 3.63) is 65.2 Å². The Morgan fingerprint density at radius 1 is 1.21 bits per heavy atom. The van der Waals surface area contributed by atoms with Gasteiger partial charge in [-0.1, -0.05) is 49.7 Å². The maximum absolute atomic E-state index is 12.9. The topological polar surface area (TPSA) is 84.5 Å². The van der Waals surface area contributed by atoms with Gasteiger partial charge in [-0.2, -0.15) is 5.10 Å². The minimum Gasteiger partial charge on any atom is -0.392 e. The third-order valence-electron chi connectivity index (χ3n) is 6.84. The van der Waals surface area contributed by atoms with Crippen LogP contribution in [-0.2, 0) is 7.05 Å². The normalized spacial score (nSPS) is 19.5. The molecule has 2 atom stereocenters. The molecule has 8 heteroatoms. The number of nitrogens with zero attached hydrogens (tertiary/aromatic N) is 4. The molecule has 33 heavy (non-hydrogen) atoms. The van der Waals surface area contributed by atoms with Crippen LogP contribution in [0.5, 0.6) is 0 Å². The molecular weight excluding hydrogens is 438 g/mol. The lowest BCUT2D eigenvalue weighted by Crippen LogP contribution is -2.61. The van der Waals surface area contributed by atoms with Gasteiger partial charge < -0.3 is 10.4 Å². The molecule has 1 amide bonds. The zero-order valence-corrected chi connectivity index (χ0v) is 19.8. The van der Waals surface area contributed by atoms with E-state index in [0.29, 0.717) is 28.5 Å². The van der Waals surface area contributed by atoms with Crippen LogP contribution in [0.4, 0.5) is 0 Å². The molecule has 170 valence electrons. The molecule has 7 nitrogen and oxygen atoms in total. The highest BCUT2D eigenvalue weighted by atomic mass is 35.5. The first-order valence-electron chi connectivity index (χ1n) is 10.9. The number of hydrogen-bond donors (Lipinski definition) is 2. The van der Waals surface area contributed by atoms with Crippen LogP contribution < -0.4 is 5.32 Å². The molecule has 0 saturated heterocycles. The van der Waals surface area contributed by atoms with E-state index in [2.05, 4.69) is 10.4 Å². The predicted molar refractivity (Wildman–Crippen MR) is 128 cm³/mol. The molecule has 4 aromatic rings. The maximum atomic E-state index is 12.9. The summed E-state index contributed by atoms with van der Waals surface area (Å²) in [6.07, 6.45) is 3.91. The first-order valence-corrected chi connectivity index (χ1v) is 11.3. The lowest BCUT2D eigenvalue weighted by Gasteiger charge is -2.49. The number of amides is 1. The molecule has 3 aromatic heterocycles. The first kappa shape index (κ1) is 21.7. The van der Waals surface area contributed by atoms with Gasteiger partial charge >= 0.3 is 0 Å². The van der Waals surface area contributed by atoms with Gasteiger partial charge in [0.15, 0.2) is 0 Å². The van der Waals surface area contributed by atoms with Crippen molar-refractivity contribution < 1.29 is 9.90 Å². The number of hydrogen-bond acceptors (Lipinski definition) is 4. The third-order valence-corrected chi connectivity index (χ3v) is 7.20. The SMILES string of the molecule is Cc1nn(C)cc1-c1ccccc1-c1nc2cc(C(=O)N[C@H]3C[C@H](O)C3(C)C)ccn2c1Cl. The second-order valence-corrected chi connectivity index (χ2v) is 9.70. The summed E-state index contributed by atoms with van der Waals surface area (Å²) in [6.45, 7) is 5.89. The number of aliphatic hydroxyl groups is 1. The molecular formula is C25H26ClN5O2. The van der Waals surface area contributed by atoms with Gasteiger partial charge in [-0.15, -0.1) is 0 Å². The molecule has 0 unspecified atom stereocenters.